The van der Waals surface area contributed by atoms with Gasteiger partial charge in [-0.3, -0.25) is 14.4 Å². The second-order valence-electron chi connectivity index (χ2n) is 11.0. The molecule has 1 spiro atoms. The summed E-state index contributed by atoms with van der Waals surface area (Å²) in [5.41, 5.74) is 1.46. The lowest BCUT2D eigenvalue weighted by atomic mass is 9.65. The van der Waals surface area contributed by atoms with Crippen molar-refractivity contribution >= 4 is 35.2 Å². The molecular weight excluding hydrogens is 498 g/mol. The zero-order chi connectivity index (χ0) is 27.0. The molecule has 3 fully saturated rings. The summed E-state index contributed by atoms with van der Waals surface area (Å²) in [6.07, 6.45) is 2.53. The highest BCUT2D eigenvalue weighted by Gasteiger charge is 2.76. The number of nitrogens with one attached hydrogen (secondary N) is 2. The van der Waals surface area contributed by atoms with Gasteiger partial charge in [0.05, 0.1) is 29.2 Å². The third-order valence-electron chi connectivity index (χ3n) is 8.58. The Morgan fingerprint density at radius 3 is 2.39 bits per heavy atom. The van der Waals surface area contributed by atoms with Crippen molar-refractivity contribution in [2.75, 3.05) is 11.9 Å². The van der Waals surface area contributed by atoms with Crippen molar-refractivity contribution in [2.45, 2.75) is 68.2 Å². The van der Waals surface area contributed by atoms with Crippen LogP contribution in [-0.2, 0) is 14.4 Å². The maximum Gasteiger partial charge on any atom is 0.244 e. The Hall–Kier alpha value is -2.84. The molecule has 0 saturated carbocycles. The van der Waals surface area contributed by atoms with Gasteiger partial charge in [-0.15, -0.1) is 11.8 Å². The first-order valence-corrected chi connectivity index (χ1v) is 14.5. The number of hydrogen-bond acceptors (Lipinski definition) is 5. The van der Waals surface area contributed by atoms with Crippen molar-refractivity contribution in [3.8, 4) is 0 Å². The second kappa shape index (κ2) is 10.7. The number of aliphatic hydroxyl groups is 1. The van der Waals surface area contributed by atoms with E-state index in [9.17, 15) is 19.5 Å². The fourth-order valence-corrected chi connectivity index (χ4v) is 9.41. The topological polar surface area (TPSA) is 98.7 Å². The van der Waals surface area contributed by atoms with Crippen LogP contribution >= 0.6 is 11.8 Å². The molecule has 3 aliphatic heterocycles. The van der Waals surface area contributed by atoms with Gasteiger partial charge in [0.15, 0.2) is 0 Å². The number of hydrogen-bond donors (Lipinski definition) is 3. The number of nitrogens with zero attached hydrogens (tertiary/aromatic N) is 1. The minimum absolute atomic E-state index is 0.0414. The molecule has 3 saturated heterocycles. The van der Waals surface area contributed by atoms with Crippen LogP contribution in [0.3, 0.4) is 0 Å². The van der Waals surface area contributed by atoms with E-state index in [2.05, 4.69) is 24.5 Å². The van der Waals surface area contributed by atoms with Crippen molar-refractivity contribution < 1.29 is 19.5 Å². The van der Waals surface area contributed by atoms with Crippen LogP contribution in [0.25, 0.3) is 0 Å². The molecule has 0 aromatic heterocycles. The Bertz CT molecular complexity index is 1180. The van der Waals surface area contributed by atoms with Crippen LogP contribution in [0.2, 0.25) is 0 Å². The second-order valence-corrected chi connectivity index (χ2v) is 12.5. The summed E-state index contributed by atoms with van der Waals surface area (Å²) in [5.74, 6) is -1.72. The molecule has 2 aromatic carbocycles. The number of thioether (sulfide) groups is 1. The normalized spacial score (nSPS) is 31.1. The Kier molecular flexibility index (Phi) is 7.56. The van der Waals surface area contributed by atoms with Crippen LogP contribution in [0, 0.1) is 17.8 Å². The van der Waals surface area contributed by atoms with Crippen LogP contribution in [0.4, 0.5) is 5.69 Å². The summed E-state index contributed by atoms with van der Waals surface area (Å²) in [6, 6.07) is 17.2. The molecule has 2 aromatic rings. The Labute approximate surface area is 228 Å². The van der Waals surface area contributed by atoms with Crippen LogP contribution < -0.4 is 10.6 Å². The number of amides is 3. The maximum atomic E-state index is 14.4. The molecule has 0 aliphatic carbocycles. The third-order valence-corrected chi connectivity index (χ3v) is 10.7. The molecule has 7 nitrogen and oxygen atoms in total. The number of anilines is 1. The van der Waals surface area contributed by atoms with Gasteiger partial charge >= 0.3 is 0 Å². The van der Waals surface area contributed by atoms with Gasteiger partial charge in [0, 0.05) is 17.0 Å². The number of fused-ring (bicyclic) bond motifs is 1. The molecule has 3 heterocycles. The first kappa shape index (κ1) is 26.8. The van der Waals surface area contributed by atoms with Gasteiger partial charge < -0.3 is 20.6 Å². The summed E-state index contributed by atoms with van der Waals surface area (Å²) in [4.78, 5) is 43.8. The lowest BCUT2D eigenvalue weighted by molar-refractivity contribution is -0.142. The van der Waals surface area contributed by atoms with Crippen molar-refractivity contribution in [1.29, 1.82) is 0 Å². The van der Waals surface area contributed by atoms with Gasteiger partial charge in [-0.1, -0.05) is 68.8 Å². The smallest absolute Gasteiger partial charge is 0.244 e. The molecule has 2 bridgehead atoms. The summed E-state index contributed by atoms with van der Waals surface area (Å²) in [5, 5.41) is 16.7. The fourth-order valence-electron chi connectivity index (χ4n) is 7.00. The van der Waals surface area contributed by atoms with Crippen LogP contribution in [0.1, 0.15) is 51.6 Å². The van der Waals surface area contributed by atoms with Crippen molar-refractivity contribution in [3.05, 3.63) is 66.2 Å². The van der Waals surface area contributed by atoms with Crippen molar-refractivity contribution in [3.63, 3.8) is 0 Å². The van der Waals surface area contributed by atoms with Gasteiger partial charge in [-0.25, -0.2) is 0 Å². The molecule has 4 unspecified atom stereocenters. The van der Waals surface area contributed by atoms with Crippen molar-refractivity contribution in [1.82, 2.24) is 10.2 Å². The van der Waals surface area contributed by atoms with Gasteiger partial charge in [-0.05, 0) is 43.4 Å². The zero-order valence-corrected chi connectivity index (χ0v) is 23.0. The number of para-hydroxylation sites is 1. The lowest BCUT2D eigenvalue weighted by Crippen LogP contribution is -2.58. The summed E-state index contributed by atoms with van der Waals surface area (Å²) < 4.78 is -0.737. The maximum absolute atomic E-state index is 14.4. The van der Waals surface area contributed by atoms with Crippen molar-refractivity contribution in [2.24, 2.45) is 17.8 Å². The molecule has 3 amide bonds. The third kappa shape index (κ3) is 4.31. The molecule has 0 radical (unpaired) electrons. The minimum atomic E-state index is -0.781. The van der Waals surface area contributed by atoms with Crippen LogP contribution in [0.5, 0.6) is 0 Å². The first-order chi connectivity index (χ1) is 18.3. The van der Waals surface area contributed by atoms with E-state index in [1.807, 2.05) is 67.6 Å². The average molecular weight is 536 g/mol. The number of aliphatic hydroxyl groups excluding tert-OH is 1. The van der Waals surface area contributed by atoms with E-state index in [1.54, 1.807) is 16.7 Å². The molecule has 202 valence electrons. The standard InChI is InChI=1S/C30H37N3O4S/c1-4-11-19(3)31-28(36)26-30-18(2)16-23(38-30)24(27(35)32-21-14-9-6-10-15-21)25(30)29(37)33(26)22(17-34)20-12-7-5-8-13-20/h5-10,12-15,18-19,22-26,34H,4,11,16-17H2,1-3H3,(H,31,36)(H,32,35)/t18?,19?,22-,23-,24+,25+,26?,30?/m1/s1. The first-order valence-electron chi connectivity index (χ1n) is 13.7. The average Bonchev–Trinajstić information content (AvgIpc) is 3.50. The summed E-state index contributed by atoms with van der Waals surface area (Å²) in [7, 11) is 0. The van der Waals surface area contributed by atoms with E-state index < -0.39 is 28.7 Å². The Morgan fingerprint density at radius 1 is 1.11 bits per heavy atom. The largest absolute Gasteiger partial charge is 0.394 e. The predicted octanol–water partition coefficient (Wildman–Crippen LogP) is 4.00. The van der Waals surface area contributed by atoms with E-state index in [-0.39, 0.29) is 41.5 Å². The summed E-state index contributed by atoms with van der Waals surface area (Å²) >= 11 is 1.65. The zero-order valence-electron chi connectivity index (χ0n) is 22.2. The number of carbonyl (C=O) groups excluding carboxylic acids is 3. The molecule has 3 N–H and O–H groups in total. The number of benzene rings is 2. The van der Waals surface area contributed by atoms with E-state index in [1.165, 1.54) is 0 Å². The number of rotatable bonds is 9. The highest BCUT2D eigenvalue weighted by molar-refractivity contribution is 8.02. The summed E-state index contributed by atoms with van der Waals surface area (Å²) in [6.45, 7) is 5.86. The Balaban J connectivity index is 1.56. The highest BCUT2D eigenvalue weighted by Crippen LogP contribution is 2.69. The lowest BCUT2D eigenvalue weighted by Gasteiger charge is -2.40. The molecule has 3 aliphatic rings. The van der Waals surface area contributed by atoms with Gasteiger partial charge in [0.25, 0.3) is 0 Å². The molecule has 5 rings (SSSR count). The van der Waals surface area contributed by atoms with E-state index >= 15 is 0 Å². The van der Waals surface area contributed by atoms with Gasteiger partial charge in [-0.2, -0.15) is 0 Å². The number of carbonyl (C=O) groups is 3. The predicted molar refractivity (Wildman–Crippen MR) is 149 cm³/mol. The van der Waals surface area contributed by atoms with Crippen LogP contribution in [0.15, 0.2) is 60.7 Å². The quantitative estimate of drug-likeness (QED) is 0.451. The monoisotopic (exact) mass is 535 g/mol. The minimum Gasteiger partial charge on any atom is -0.394 e. The highest BCUT2D eigenvalue weighted by atomic mass is 32.2. The van der Waals surface area contributed by atoms with Crippen LogP contribution in [-0.4, -0.2) is 56.4 Å². The van der Waals surface area contributed by atoms with E-state index in [0.717, 1.165) is 24.8 Å². The Morgan fingerprint density at radius 2 is 1.76 bits per heavy atom. The van der Waals surface area contributed by atoms with E-state index in [0.29, 0.717) is 5.69 Å². The molecular formula is C30H37N3O4S. The molecule has 38 heavy (non-hydrogen) atoms. The van der Waals surface area contributed by atoms with Gasteiger partial charge in [0.2, 0.25) is 17.7 Å². The molecule has 8 heteroatoms. The van der Waals surface area contributed by atoms with E-state index in [4.69, 9.17) is 0 Å². The van der Waals surface area contributed by atoms with Gasteiger partial charge in [0.1, 0.15) is 6.04 Å². The SMILES string of the molecule is CCCC(C)NC(=O)C1N([C@H](CO)c2ccccc2)C(=O)[C@@H]2[C@@H](C(=O)Nc3ccccc3)[C@H]3CC(C)C12S3. The molecule has 8 atom stereocenters. The number of likely N-dealkylation sites (tertiary alicyclic amines) is 1. The fraction of sp³-hybridized carbons (Fsp3) is 0.500.